The smallest absolute Gasteiger partial charge is 0.244 e. The van der Waals surface area contributed by atoms with Gasteiger partial charge in [-0.1, -0.05) is 19.1 Å². The number of fused-ring (bicyclic) bond motifs is 1. The predicted octanol–water partition coefficient (Wildman–Crippen LogP) is 5.49. The Hall–Kier alpha value is -3.08. The molecule has 1 heterocycles. The average Bonchev–Trinajstić information content (AvgIpc) is 3.11. The molecule has 5 heteroatoms. The summed E-state index contributed by atoms with van der Waals surface area (Å²) in [6.07, 6.45) is 4.13. The highest BCUT2D eigenvalue weighted by atomic mass is 19.1. The van der Waals surface area contributed by atoms with Crippen molar-refractivity contribution in [3.63, 3.8) is 0 Å². The van der Waals surface area contributed by atoms with Crippen LogP contribution >= 0.6 is 0 Å². The number of carbonyl (C=O) groups is 1. The number of halogens is 1. The molecule has 0 aliphatic carbocycles. The largest absolute Gasteiger partial charge is 0.496 e. The van der Waals surface area contributed by atoms with Crippen molar-refractivity contribution in [2.24, 2.45) is 0 Å². The monoisotopic (exact) mass is 381 g/mol. The van der Waals surface area contributed by atoms with E-state index in [1.54, 1.807) is 31.6 Å². The standard InChI is InChI=1S/C23H24FNO3/c1-5-10-25-21(26)11-14(2)18-12-19-20(16-6-8-17(24)9-7-16)13-28-23(19)15(3)22(18)27-4/h6-9,11-13H,5,10H2,1-4H3,(H,25,26)/b14-11+. The first-order valence-electron chi connectivity index (χ1n) is 9.27. The van der Waals surface area contributed by atoms with Crippen molar-refractivity contribution in [1.82, 2.24) is 5.32 Å². The van der Waals surface area contributed by atoms with Crippen LogP contribution in [0.15, 0.2) is 47.1 Å². The van der Waals surface area contributed by atoms with Crippen LogP contribution < -0.4 is 10.1 Å². The van der Waals surface area contributed by atoms with E-state index in [1.807, 2.05) is 26.8 Å². The third kappa shape index (κ3) is 3.79. The van der Waals surface area contributed by atoms with E-state index < -0.39 is 0 Å². The van der Waals surface area contributed by atoms with E-state index in [0.29, 0.717) is 17.9 Å². The first-order chi connectivity index (χ1) is 13.5. The Labute approximate surface area is 164 Å². The molecule has 1 amide bonds. The summed E-state index contributed by atoms with van der Waals surface area (Å²) in [6.45, 7) is 6.45. The normalized spacial score (nSPS) is 11.7. The number of hydrogen-bond donors (Lipinski definition) is 1. The quantitative estimate of drug-likeness (QED) is 0.575. The molecule has 0 saturated heterocycles. The van der Waals surface area contributed by atoms with Gasteiger partial charge in [0.05, 0.1) is 13.4 Å². The third-order valence-electron chi connectivity index (χ3n) is 4.72. The van der Waals surface area contributed by atoms with Gasteiger partial charge in [-0.05, 0) is 49.6 Å². The molecule has 28 heavy (non-hydrogen) atoms. The predicted molar refractivity (Wildman–Crippen MR) is 110 cm³/mol. The number of allylic oxidation sites excluding steroid dienone is 1. The van der Waals surface area contributed by atoms with Crippen LogP contribution in [-0.2, 0) is 4.79 Å². The first kappa shape index (κ1) is 19.7. The highest BCUT2D eigenvalue weighted by molar-refractivity contribution is 6.01. The van der Waals surface area contributed by atoms with Crippen LogP contribution in [0.5, 0.6) is 5.75 Å². The topological polar surface area (TPSA) is 51.5 Å². The summed E-state index contributed by atoms with van der Waals surface area (Å²) in [4.78, 5) is 12.1. The summed E-state index contributed by atoms with van der Waals surface area (Å²) in [7, 11) is 1.60. The number of nitrogens with one attached hydrogen (secondary N) is 1. The molecule has 4 nitrogen and oxygen atoms in total. The Bertz CT molecular complexity index is 1030. The van der Waals surface area contributed by atoms with Crippen LogP contribution in [0.2, 0.25) is 0 Å². The van der Waals surface area contributed by atoms with E-state index in [0.717, 1.165) is 39.6 Å². The molecule has 1 aromatic heterocycles. The van der Waals surface area contributed by atoms with Crippen LogP contribution in [0.4, 0.5) is 4.39 Å². The Morgan fingerprint density at radius 2 is 2.00 bits per heavy atom. The number of aryl methyl sites for hydroxylation is 1. The van der Waals surface area contributed by atoms with E-state index >= 15 is 0 Å². The van der Waals surface area contributed by atoms with Crippen LogP contribution in [0.25, 0.3) is 27.7 Å². The number of ether oxygens (including phenoxy) is 1. The first-order valence-corrected chi connectivity index (χ1v) is 9.27. The summed E-state index contributed by atoms with van der Waals surface area (Å²) in [5.41, 5.74) is 4.90. The van der Waals surface area contributed by atoms with Crippen molar-refractivity contribution in [3.05, 3.63) is 59.6 Å². The fraction of sp³-hybridized carbons (Fsp3) is 0.261. The fourth-order valence-corrected chi connectivity index (χ4v) is 3.30. The number of furan rings is 1. The van der Waals surface area contributed by atoms with Crippen molar-refractivity contribution in [1.29, 1.82) is 0 Å². The molecular formula is C23H24FNO3. The number of amides is 1. The molecule has 0 aliphatic heterocycles. The van der Waals surface area contributed by atoms with Gasteiger partial charge in [0.15, 0.2) is 0 Å². The number of carbonyl (C=O) groups excluding carboxylic acids is 1. The van der Waals surface area contributed by atoms with Crippen LogP contribution in [0.3, 0.4) is 0 Å². The van der Waals surface area contributed by atoms with Crippen LogP contribution in [0, 0.1) is 12.7 Å². The zero-order valence-electron chi connectivity index (χ0n) is 16.6. The van der Waals surface area contributed by atoms with Gasteiger partial charge in [-0.3, -0.25) is 4.79 Å². The highest BCUT2D eigenvalue weighted by Gasteiger charge is 2.18. The molecule has 3 aromatic rings. The number of methoxy groups -OCH3 is 1. The molecule has 0 radical (unpaired) electrons. The Balaban J connectivity index is 2.14. The van der Waals surface area contributed by atoms with Crippen molar-refractivity contribution in [2.45, 2.75) is 27.2 Å². The van der Waals surface area contributed by atoms with E-state index in [1.165, 1.54) is 12.1 Å². The second-order valence-electron chi connectivity index (χ2n) is 6.73. The second-order valence-corrected chi connectivity index (χ2v) is 6.73. The van der Waals surface area contributed by atoms with Gasteiger partial charge in [0.25, 0.3) is 0 Å². The summed E-state index contributed by atoms with van der Waals surface area (Å²) in [6, 6.07) is 8.26. The maximum absolute atomic E-state index is 13.3. The highest BCUT2D eigenvalue weighted by Crippen LogP contribution is 2.40. The van der Waals surface area contributed by atoms with Gasteiger partial charge in [0.2, 0.25) is 5.91 Å². The Morgan fingerprint density at radius 3 is 2.64 bits per heavy atom. The summed E-state index contributed by atoms with van der Waals surface area (Å²) in [5, 5.41) is 3.74. The van der Waals surface area contributed by atoms with Crippen molar-refractivity contribution >= 4 is 22.4 Å². The molecular weight excluding hydrogens is 357 g/mol. The SMILES string of the molecule is CCCNC(=O)/C=C(\C)c1cc2c(-c3ccc(F)cc3)coc2c(C)c1OC. The van der Waals surface area contributed by atoms with Gasteiger partial charge < -0.3 is 14.5 Å². The van der Waals surface area contributed by atoms with E-state index in [9.17, 15) is 9.18 Å². The second kappa shape index (κ2) is 8.30. The average molecular weight is 381 g/mol. The van der Waals surface area contributed by atoms with Crippen LogP contribution in [0.1, 0.15) is 31.4 Å². The molecule has 0 aliphatic rings. The van der Waals surface area contributed by atoms with E-state index in [2.05, 4.69) is 5.32 Å². The van der Waals surface area contributed by atoms with Gasteiger partial charge in [-0.25, -0.2) is 4.39 Å². The van der Waals surface area contributed by atoms with Gasteiger partial charge in [-0.15, -0.1) is 0 Å². The lowest BCUT2D eigenvalue weighted by Crippen LogP contribution is -2.21. The summed E-state index contributed by atoms with van der Waals surface area (Å²) in [5.74, 6) is 0.251. The van der Waals surface area contributed by atoms with Crippen molar-refractivity contribution < 1.29 is 18.3 Å². The molecule has 0 unspecified atom stereocenters. The number of rotatable bonds is 6. The molecule has 0 atom stereocenters. The third-order valence-corrected chi connectivity index (χ3v) is 4.72. The lowest BCUT2D eigenvalue weighted by atomic mass is 9.96. The van der Waals surface area contributed by atoms with Gasteiger partial charge >= 0.3 is 0 Å². The van der Waals surface area contributed by atoms with Gasteiger partial charge in [0, 0.05) is 34.7 Å². The molecule has 0 bridgehead atoms. The zero-order valence-corrected chi connectivity index (χ0v) is 16.6. The molecule has 0 fully saturated rings. The lowest BCUT2D eigenvalue weighted by Gasteiger charge is -2.13. The summed E-state index contributed by atoms with van der Waals surface area (Å²) < 4.78 is 24.7. The lowest BCUT2D eigenvalue weighted by molar-refractivity contribution is -0.116. The minimum absolute atomic E-state index is 0.134. The number of hydrogen-bond acceptors (Lipinski definition) is 3. The zero-order chi connectivity index (χ0) is 20.3. The maximum atomic E-state index is 13.3. The van der Waals surface area contributed by atoms with Crippen LogP contribution in [-0.4, -0.2) is 19.6 Å². The minimum atomic E-state index is -0.285. The molecule has 1 N–H and O–H groups in total. The Kier molecular flexibility index (Phi) is 5.83. The molecule has 3 rings (SSSR count). The van der Waals surface area contributed by atoms with Gasteiger partial charge in [-0.2, -0.15) is 0 Å². The molecule has 0 saturated carbocycles. The minimum Gasteiger partial charge on any atom is -0.496 e. The fourth-order valence-electron chi connectivity index (χ4n) is 3.30. The van der Waals surface area contributed by atoms with Crippen molar-refractivity contribution in [2.75, 3.05) is 13.7 Å². The molecule has 0 spiro atoms. The summed E-state index contributed by atoms with van der Waals surface area (Å²) >= 11 is 0. The molecule has 146 valence electrons. The van der Waals surface area contributed by atoms with Gasteiger partial charge in [0.1, 0.15) is 17.1 Å². The van der Waals surface area contributed by atoms with E-state index in [-0.39, 0.29) is 11.7 Å². The van der Waals surface area contributed by atoms with Crippen molar-refractivity contribution in [3.8, 4) is 16.9 Å². The number of benzene rings is 2. The van der Waals surface area contributed by atoms with E-state index in [4.69, 9.17) is 9.15 Å². The Morgan fingerprint density at radius 1 is 1.29 bits per heavy atom. The maximum Gasteiger partial charge on any atom is 0.244 e. The molecule has 2 aromatic carbocycles.